The van der Waals surface area contributed by atoms with Crippen molar-refractivity contribution >= 4 is 23.8 Å². The van der Waals surface area contributed by atoms with Crippen molar-refractivity contribution in [2.75, 3.05) is 13.6 Å². The maximum Gasteiger partial charge on any atom is 0.408 e. The number of nitrogens with zero attached hydrogens (tertiary/aromatic N) is 1. The monoisotopic (exact) mass is 464 g/mol. The molecule has 0 heterocycles. The lowest BCUT2D eigenvalue weighted by molar-refractivity contribution is -0.141. The van der Waals surface area contributed by atoms with E-state index in [4.69, 9.17) is 10.5 Å². The number of rotatable bonds is 11. The molecule has 4 amide bonds. The van der Waals surface area contributed by atoms with Gasteiger partial charge in [0.05, 0.1) is 6.42 Å². The van der Waals surface area contributed by atoms with Gasteiger partial charge < -0.3 is 31.1 Å². The number of nitrogens with one attached hydrogen (secondary N) is 2. The van der Waals surface area contributed by atoms with Gasteiger partial charge in [-0.25, -0.2) is 4.79 Å². The van der Waals surface area contributed by atoms with E-state index in [1.165, 1.54) is 19.2 Å². The summed E-state index contributed by atoms with van der Waals surface area (Å²) in [6.45, 7) is 7.40. The highest BCUT2D eigenvalue weighted by molar-refractivity contribution is 5.94. The summed E-state index contributed by atoms with van der Waals surface area (Å²) in [6, 6.07) is 3.60. The number of likely N-dealkylation sites (N-methyl/N-ethyl adjacent to an activating group) is 1. The van der Waals surface area contributed by atoms with Crippen molar-refractivity contribution in [3.8, 4) is 5.75 Å². The van der Waals surface area contributed by atoms with Crippen molar-refractivity contribution in [1.29, 1.82) is 0 Å². The standard InChI is InChI=1S/C23H36N4O6/c1-6-7-10-13-25-20(30)19(15-11-8-9-12-17(15)28)27(5)21(31)16(14-18(24)29)26-22(32)33-23(2,3)4/h8-9,11-12,16,19,28H,6-7,10,13-14H2,1-5H3,(H2,24,29)(H,25,30)(H,26,32). The zero-order chi connectivity index (χ0) is 25.2. The molecule has 0 fully saturated rings. The van der Waals surface area contributed by atoms with Crippen LogP contribution >= 0.6 is 0 Å². The number of aromatic hydroxyl groups is 1. The summed E-state index contributed by atoms with van der Waals surface area (Å²) in [4.78, 5) is 51.2. The normalized spacial score (nSPS) is 12.9. The number of benzene rings is 1. The Morgan fingerprint density at radius 2 is 1.79 bits per heavy atom. The zero-order valence-electron chi connectivity index (χ0n) is 20.0. The third kappa shape index (κ3) is 9.38. The van der Waals surface area contributed by atoms with E-state index in [1.807, 2.05) is 6.92 Å². The molecule has 0 aromatic heterocycles. The molecule has 1 aromatic carbocycles. The minimum absolute atomic E-state index is 0.169. The molecule has 2 atom stereocenters. The number of primary amides is 1. The molecule has 0 saturated carbocycles. The predicted molar refractivity (Wildman–Crippen MR) is 123 cm³/mol. The van der Waals surface area contributed by atoms with Crippen LogP contribution in [0.5, 0.6) is 5.75 Å². The van der Waals surface area contributed by atoms with Crippen LogP contribution in [-0.2, 0) is 19.1 Å². The average Bonchev–Trinajstić information content (AvgIpc) is 2.70. The minimum atomic E-state index is -1.36. The van der Waals surface area contributed by atoms with E-state index in [-0.39, 0.29) is 11.3 Å². The molecule has 0 aliphatic rings. The van der Waals surface area contributed by atoms with E-state index >= 15 is 0 Å². The lowest BCUT2D eigenvalue weighted by Gasteiger charge is -2.31. The highest BCUT2D eigenvalue weighted by Gasteiger charge is 2.35. The van der Waals surface area contributed by atoms with Crippen LogP contribution < -0.4 is 16.4 Å². The third-order valence-electron chi connectivity index (χ3n) is 4.69. The predicted octanol–water partition coefficient (Wildman–Crippen LogP) is 1.97. The first-order chi connectivity index (χ1) is 15.4. The fourth-order valence-electron chi connectivity index (χ4n) is 3.15. The largest absolute Gasteiger partial charge is 0.508 e. The minimum Gasteiger partial charge on any atom is -0.508 e. The van der Waals surface area contributed by atoms with Crippen LogP contribution in [0, 0.1) is 0 Å². The summed E-state index contributed by atoms with van der Waals surface area (Å²) in [5.41, 5.74) is 4.66. The summed E-state index contributed by atoms with van der Waals surface area (Å²) >= 11 is 0. The van der Waals surface area contributed by atoms with Crippen LogP contribution in [0.3, 0.4) is 0 Å². The van der Waals surface area contributed by atoms with Crippen LogP contribution in [-0.4, -0.2) is 59.1 Å². The van der Waals surface area contributed by atoms with Crippen molar-refractivity contribution in [2.45, 2.75) is 71.1 Å². The van der Waals surface area contributed by atoms with Crippen molar-refractivity contribution in [3.63, 3.8) is 0 Å². The second-order valence-electron chi connectivity index (χ2n) is 8.78. The second-order valence-corrected chi connectivity index (χ2v) is 8.78. The topological polar surface area (TPSA) is 151 Å². The lowest BCUT2D eigenvalue weighted by atomic mass is 10.0. The Bertz CT molecular complexity index is 836. The van der Waals surface area contributed by atoms with Crippen LogP contribution in [0.1, 0.15) is 65.0 Å². The van der Waals surface area contributed by atoms with Crippen LogP contribution in [0.4, 0.5) is 4.79 Å². The van der Waals surface area contributed by atoms with Crippen LogP contribution in [0.25, 0.3) is 0 Å². The fraction of sp³-hybridized carbons (Fsp3) is 0.565. The SMILES string of the molecule is CCCCCNC(=O)C(c1ccccc1O)N(C)C(=O)C(CC(N)=O)NC(=O)OC(C)(C)C. The van der Waals surface area contributed by atoms with Crippen molar-refractivity contribution in [3.05, 3.63) is 29.8 Å². The quantitative estimate of drug-likeness (QED) is 0.368. The van der Waals surface area contributed by atoms with Crippen molar-refractivity contribution in [1.82, 2.24) is 15.5 Å². The van der Waals surface area contributed by atoms with Gasteiger partial charge in [-0.3, -0.25) is 14.4 Å². The Balaban J connectivity index is 3.19. The van der Waals surface area contributed by atoms with Gasteiger partial charge in [0.25, 0.3) is 0 Å². The summed E-state index contributed by atoms with van der Waals surface area (Å²) in [5, 5.41) is 15.5. The van der Waals surface area contributed by atoms with E-state index in [0.717, 1.165) is 24.2 Å². The molecule has 10 nitrogen and oxygen atoms in total. The smallest absolute Gasteiger partial charge is 0.408 e. The van der Waals surface area contributed by atoms with Crippen molar-refractivity contribution in [2.24, 2.45) is 5.73 Å². The number of nitrogens with two attached hydrogens (primary N) is 1. The molecule has 0 spiro atoms. The molecule has 0 radical (unpaired) electrons. The van der Waals surface area contributed by atoms with Crippen molar-refractivity contribution < 1.29 is 29.0 Å². The molecule has 184 valence electrons. The first-order valence-electron chi connectivity index (χ1n) is 11.0. The van der Waals surface area contributed by atoms with Gasteiger partial charge in [0.15, 0.2) is 0 Å². The van der Waals surface area contributed by atoms with Gasteiger partial charge in [-0.05, 0) is 33.3 Å². The molecule has 10 heteroatoms. The van der Waals surface area contributed by atoms with Crippen LogP contribution in [0.2, 0.25) is 0 Å². The number of amides is 4. The maximum absolute atomic E-state index is 13.3. The first-order valence-corrected chi connectivity index (χ1v) is 11.0. The summed E-state index contributed by atoms with van der Waals surface area (Å²) in [6.07, 6.45) is 1.27. The number of unbranched alkanes of at least 4 members (excludes halogenated alkanes) is 2. The number of ether oxygens (including phenoxy) is 1. The summed E-state index contributed by atoms with van der Waals surface area (Å²) in [5.74, 6) is -2.23. The van der Waals surface area contributed by atoms with Crippen LogP contribution in [0.15, 0.2) is 24.3 Å². The Morgan fingerprint density at radius 3 is 2.33 bits per heavy atom. The molecule has 33 heavy (non-hydrogen) atoms. The Hall–Kier alpha value is -3.30. The maximum atomic E-state index is 13.3. The summed E-state index contributed by atoms with van der Waals surface area (Å²) < 4.78 is 5.18. The number of carbonyl (C=O) groups is 4. The third-order valence-corrected chi connectivity index (χ3v) is 4.69. The number of phenolic OH excluding ortho intramolecular Hbond substituents is 1. The second kappa shape index (κ2) is 12.7. The molecule has 0 saturated heterocycles. The Labute approximate surface area is 194 Å². The molecular formula is C23H36N4O6. The summed E-state index contributed by atoms with van der Waals surface area (Å²) in [7, 11) is 1.36. The molecule has 0 aliphatic carbocycles. The zero-order valence-corrected chi connectivity index (χ0v) is 20.0. The number of hydrogen-bond donors (Lipinski definition) is 4. The highest BCUT2D eigenvalue weighted by Crippen LogP contribution is 2.28. The number of alkyl carbamates (subject to hydrolysis) is 1. The number of carbonyl (C=O) groups excluding carboxylic acids is 4. The van der Waals surface area contributed by atoms with E-state index in [2.05, 4.69) is 10.6 Å². The molecule has 2 unspecified atom stereocenters. The molecular weight excluding hydrogens is 428 g/mol. The number of para-hydroxylation sites is 1. The lowest BCUT2D eigenvalue weighted by Crippen LogP contribution is -2.52. The molecule has 1 rings (SSSR count). The van der Waals surface area contributed by atoms with Gasteiger partial charge in [-0.1, -0.05) is 38.0 Å². The van der Waals surface area contributed by atoms with Gasteiger partial charge in [-0.15, -0.1) is 0 Å². The average molecular weight is 465 g/mol. The first kappa shape index (κ1) is 27.7. The van der Waals surface area contributed by atoms with E-state index in [9.17, 15) is 24.3 Å². The van der Waals surface area contributed by atoms with E-state index < -0.39 is 47.9 Å². The number of phenols is 1. The van der Waals surface area contributed by atoms with Gasteiger partial charge in [0, 0.05) is 19.2 Å². The fourth-order valence-corrected chi connectivity index (χ4v) is 3.15. The Morgan fingerprint density at radius 1 is 1.15 bits per heavy atom. The van der Waals surface area contributed by atoms with Gasteiger partial charge >= 0.3 is 6.09 Å². The van der Waals surface area contributed by atoms with Gasteiger partial charge in [-0.2, -0.15) is 0 Å². The van der Waals surface area contributed by atoms with E-state index in [0.29, 0.717) is 6.54 Å². The van der Waals surface area contributed by atoms with Gasteiger partial charge in [0.2, 0.25) is 17.7 Å². The molecule has 5 N–H and O–H groups in total. The number of hydrogen-bond acceptors (Lipinski definition) is 6. The molecule has 0 aliphatic heterocycles. The highest BCUT2D eigenvalue weighted by atomic mass is 16.6. The van der Waals surface area contributed by atoms with Gasteiger partial charge in [0.1, 0.15) is 23.4 Å². The molecule has 1 aromatic rings. The Kier molecular flexibility index (Phi) is 10.6. The molecule has 0 bridgehead atoms. The van der Waals surface area contributed by atoms with E-state index in [1.54, 1.807) is 32.9 Å².